The van der Waals surface area contributed by atoms with Crippen LogP contribution in [0.1, 0.15) is 49.9 Å². The number of piperidine rings is 1. The first-order valence-corrected chi connectivity index (χ1v) is 11.4. The van der Waals surface area contributed by atoms with Gasteiger partial charge in [-0.3, -0.25) is 9.59 Å². The van der Waals surface area contributed by atoms with Crippen LogP contribution in [-0.2, 0) is 4.79 Å². The maximum absolute atomic E-state index is 13.0. The molecule has 2 aromatic rings. The third-order valence-electron chi connectivity index (χ3n) is 6.17. The maximum atomic E-state index is 13.0. The molecule has 0 radical (unpaired) electrons. The second-order valence-electron chi connectivity index (χ2n) is 8.89. The van der Waals surface area contributed by atoms with Gasteiger partial charge in [-0.1, -0.05) is 23.2 Å². The van der Waals surface area contributed by atoms with Crippen LogP contribution in [-0.4, -0.2) is 40.5 Å². The molecule has 0 saturated carbocycles. The monoisotopic (exact) mass is 476 g/mol. The average molecular weight is 477 g/mol. The molecule has 170 valence electrons. The van der Waals surface area contributed by atoms with E-state index in [-0.39, 0.29) is 24.0 Å². The molecule has 7 nitrogen and oxygen atoms in total. The summed E-state index contributed by atoms with van der Waals surface area (Å²) in [5.74, 6) is 0.577. The quantitative estimate of drug-likeness (QED) is 0.657. The minimum absolute atomic E-state index is 0.0460. The molecule has 2 bridgehead atoms. The van der Waals surface area contributed by atoms with E-state index < -0.39 is 11.5 Å². The van der Waals surface area contributed by atoms with Gasteiger partial charge < -0.3 is 20.7 Å². The lowest BCUT2D eigenvalue weighted by atomic mass is 9.96. The van der Waals surface area contributed by atoms with E-state index in [1.54, 1.807) is 38.1 Å². The number of anilines is 1. The lowest BCUT2D eigenvalue weighted by molar-refractivity contribution is -0.135. The van der Waals surface area contributed by atoms with Crippen LogP contribution < -0.4 is 20.7 Å². The number of benzene rings is 1. The highest BCUT2D eigenvalue weighted by Gasteiger charge is 2.43. The van der Waals surface area contributed by atoms with Gasteiger partial charge in [0.1, 0.15) is 11.6 Å². The van der Waals surface area contributed by atoms with Crippen LogP contribution in [0.3, 0.4) is 0 Å². The molecule has 2 saturated heterocycles. The fourth-order valence-electron chi connectivity index (χ4n) is 4.59. The molecule has 4 rings (SSSR count). The molecule has 0 aliphatic carbocycles. The molecule has 9 heteroatoms. The zero-order chi connectivity index (χ0) is 23.0. The molecule has 3 N–H and O–H groups in total. The zero-order valence-electron chi connectivity index (χ0n) is 18.0. The number of aromatic nitrogens is 1. The van der Waals surface area contributed by atoms with Gasteiger partial charge in [-0.15, -0.1) is 0 Å². The number of nitrogens with one attached hydrogen (secondary N) is 1. The molecular formula is C23H26Cl2N4O3. The number of nitrogens with zero attached hydrogens (tertiary/aromatic N) is 2. The number of nitrogens with two attached hydrogens (primary N) is 1. The Morgan fingerprint density at radius 3 is 2.41 bits per heavy atom. The van der Waals surface area contributed by atoms with E-state index in [1.807, 2.05) is 6.07 Å². The third kappa shape index (κ3) is 4.64. The first-order valence-electron chi connectivity index (χ1n) is 10.6. The Labute approximate surface area is 197 Å². The Bertz CT molecular complexity index is 1010. The number of fused-ring (bicyclic) bond motifs is 2. The summed E-state index contributed by atoms with van der Waals surface area (Å²) in [4.78, 5) is 31.1. The Hall–Kier alpha value is -2.51. The highest BCUT2D eigenvalue weighted by Crippen LogP contribution is 2.39. The Morgan fingerprint density at radius 2 is 1.84 bits per heavy atom. The van der Waals surface area contributed by atoms with Crippen LogP contribution in [0, 0.1) is 0 Å². The van der Waals surface area contributed by atoms with Crippen molar-refractivity contribution in [3.8, 4) is 5.75 Å². The van der Waals surface area contributed by atoms with E-state index in [4.69, 9.17) is 33.7 Å². The van der Waals surface area contributed by atoms with Crippen molar-refractivity contribution in [3.63, 3.8) is 0 Å². The van der Waals surface area contributed by atoms with Gasteiger partial charge in [-0.2, -0.15) is 0 Å². The predicted octanol–water partition coefficient (Wildman–Crippen LogP) is 3.96. The van der Waals surface area contributed by atoms with E-state index in [9.17, 15) is 9.59 Å². The standard InChI is InChI=1S/C23H26Cl2N4O3/c1-23(2,32-19-7-4-14(24)9-18(19)25)22(31)28-15-10-16-5-6-17(11-15)29(16)20-8-3-13(12-27-20)21(26)30/h3-4,7-9,12,15-17H,5-6,10-11H2,1-2H3,(H2,26,30)(H,28,31)/t15-,16+,17-. The van der Waals surface area contributed by atoms with Crippen LogP contribution in [0.2, 0.25) is 10.0 Å². The minimum Gasteiger partial charge on any atom is -0.476 e. The maximum Gasteiger partial charge on any atom is 0.263 e. The van der Waals surface area contributed by atoms with Gasteiger partial charge in [-0.25, -0.2) is 4.98 Å². The van der Waals surface area contributed by atoms with Crippen molar-refractivity contribution in [2.75, 3.05) is 4.90 Å². The number of halogens is 2. The van der Waals surface area contributed by atoms with Crippen molar-refractivity contribution in [1.82, 2.24) is 10.3 Å². The molecule has 3 atom stereocenters. The number of carbonyl (C=O) groups is 2. The van der Waals surface area contributed by atoms with Crippen molar-refractivity contribution in [2.45, 2.75) is 63.3 Å². The number of pyridine rings is 1. The first-order chi connectivity index (χ1) is 15.1. The van der Waals surface area contributed by atoms with Gasteiger partial charge >= 0.3 is 0 Å². The molecule has 2 fully saturated rings. The molecular weight excluding hydrogens is 451 g/mol. The summed E-state index contributed by atoms with van der Waals surface area (Å²) >= 11 is 12.1. The van der Waals surface area contributed by atoms with Crippen LogP contribution in [0.5, 0.6) is 5.75 Å². The number of hydrogen-bond acceptors (Lipinski definition) is 5. The third-order valence-corrected chi connectivity index (χ3v) is 6.70. The van der Waals surface area contributed by atoms with E-state index in [2.05, 4.69) is 15.2 Å². The van der Waals surface area contributed by atoms with Gasteiger partial charge in [0.15, 0.2) is 5.60 Å². The number of carbonyl (C=O) groups excluding carboxylic acids is 2. The van der Waals surface area contributed by atoms with E-state index in [0.717, 1.165) is 31.5 Å². The summed E-state index contributed by atoms with van der Waals surface area (Å²) < 4.78 is 5.92. The van der Waals surface area contributed by atoms with Crippen LogP contribution in [0.15, 0.2) is 36.5 Å². The van der Waals surface area contributed by atoms with Gasteiger partial charge in [0.2, 0.25) is 5.91 Å². The average Bonchev–Trinajstić information content (AvgIpc) is 3.00. The number of ether oxygens (including phenoxy) is 1. The fourth-order valence-corrected chi connectivity index (χ4v) is 5.04. The lowest BCUT2D eigenvalue weighted by Gasteiger charge is -2.40. The van der Waals surface area contributed by atoms with Gasteiger partial charge in [0.25, 0.3) is 5.91 Å². The highest BCUT2D eigenvalue weighted by atomic mass is 35.5. The van der Waals surface area contributed by atoms with Crippen molar-refractivity contribution < 1.29 is 14.3 Å². The van der Waals surface area contributed by atoms with E-state index in [1.165, 1.54) is 6.20 Å². The van der Waals surface area contributed by atoms with Gasteiger partial charge in [-0.05, 0) is 69.9 Å². The first kappa shape index (κ1) is 22.7. The fraction of sp³-hybridized carbons (Fsp3) is 0.435. The van der Waals surface area contributed by atoms with Crippen molar-refractivity contribution >= 4 is 40.8 Å². The van der Waals surface area contributed by atoms with E-state index >= 15 is 0 Å². The van der Waals surface area contributed by atoms with Crippen molar-refractivity contribution in [2.24, 2.45) is 5.73 Å². The number of hydrogen-bond donors (Lipinski definition) is 2. The summed E-state index contributed by atoms with van der Waals surface area (Å²) in [5, 5.41) is 4.03. The van der Waals surface area contributed by atoms with Gasteiger partial charge in [0, 0.05) is 29.3 Å². The summed E-state index contributed by atoms with van der Waals surface area (Å²) in [7, 11) is 0. The lowest BCUT2D eigenvalue weighted by Crippen LogP contribution is -2.55. The minimum atomic E-state index is -1.10. The smallest absolute Gasteiger partial charge is 0.263 e. The second kappa shape index (κ2) is 8.79. The van der Waals surface area contributed by atoms with Crippen LogP contribution >= 0.6 is 23.2 Å². The van der Waals surface area contributed by atoms with Crippen LogP contribution in [0.4, 0.5) is 5.82 Å². The molecule has 2 aliphatic heterocycles. The normalized spacial score (nSPS) is 22.5. The SMILES string of the molecule is CC(C)(Oc1ccc(Cl)cc1Cl)C(=O)N[C@H]1C[C@H]2CC[C@@H](C1)N2c1ccc(C(N)=O)cn1. The molecule has 0 spiro atoms. The molecule has 2 amide bonds. The highest BCUT2D eigenvalue weighted by molar-refractivity contribution is 6.35. The number of amides is 2. The number of primary amides is 1. The summed E-state index contributed by atoms with van der Waals surface area (Å²) in [5.41, 5.74) is 4.61. The summed E-state index contributed by atoms with van der Waals surface area (Å²) in [6.07, 6.45) is 5.23. The Kier molecular flexibility index (Phi) is 6.23. The zero-order valence-corrected chi connectivity index (χ0v) is 19.5. The van der Waals surface area contributed by atoms with Crippen molar-refractivity contribution in [1.29, 1.82) is 0 Å². The summed E-state index contributed by atoms with van der Waals surface area (Å²) in [6, 6.07) is 9.08. The molecule has 3 heterocycles. The topological polar surface area (TPSA) is 97.5 Å². The molecule has 1 aromatic carbocycles. The van der Waals surface area contributed by atoms with Crippen molar-refractivity contribution in [3.05, 3.63) is 52.1 Å². The molecule has 2 aliphatic rings. The Morgan fingerprint density at radius 1 is 1.16 bits per heavy atom. The van der Waals surface area contributed by atoms with E-state index in [0.29, 0.717) is 21.4 Å². The Balaban J connectivity index is 1.40. The largest absolute Gasteiger partial charge is 0.476 e. The number of rotatable bonds is 6. The van der Waals surface area contributed by atoms with Gasteiger partial charge in [0.05, 0.1) is 10.6 Å². The summed E-state index contributed by atoms with van der Waals surface area (Å²) in [6.45, 7) is 3.45. The molecule has 1 aromatic heterocycles. The predicted molar refractivity (Wildman–Crippen MR) is 124 cm³/mol. The molecule has 0 unspecified atom stereocenters. The van der Waals surface area contributed by atoms with Crippen LogP contribution in [0.25, 0.3) is 0 Å². The second-order valence-corrected chi connectivity index (χ2v) is 9.73. The molecule has 32 heavy (non-hydrogen) atoms.